The molecule has 27 heavy (non-hydrogen) atoms. The summed E-state index contributed by atoms with van der Waals surface area (Å²) >= 11 is 4.95. The highest BCUT2D eigenvalue weighted by Crippen LogP contribution is 2.31. The molecule has 2 aromatic carbocycles. The molecule has 4 nitrogen and oxygen atoms in total. The number of rotatable bonds is 4. The number of amides is 1. The third-order valence-electron chi connectivity index (χ3n) is 4.16. The first-order valence-corrected chi connectivity index (χ1v) is 10.0. The van der Waals surface area contributed by atoms with Gasteiger partial charge in [0.2, 0.25) is 0 Å². The molecule has 0 unspecified atom stereocenters. The van der Waals surface area contributed by atoms with Crippen LogP contribution in [0.3, 0.4) is 0 Å². The quantitative estimate of drug-likeness (QED) is 0.416. The maximum absolute atomic E-state index is 13.3. The lowest BCUT2D eigenvalue weighted by Gasteiger charge is -2.20. The number of anilines is 1. The zero-order chi connectivity index (χ0) is 18.8. The number of hydrogen-bond acceptors (Lipinski definition) is 4. The average molecular weight is 438 g/mol. The first-order valence-electron chi connectivity index (χ1n) is 8.44. The minimum Gasteiger partial charge on any atom is -0.279 e. The van der Waals surface area contributed by atoms with Crippen molar-refractivity contribution in [2.24, 2.45) is 0 Å². The van der Waals surface area contributed by atoms with E-state index in [2.05, 4.69) is 33.9 Å². The Bertz CT molecular complexity index is 1090. The van der Waals surface area contributed by atoms with Crippen molar-refractivity contribution in [3.8, 4) is 0 Å². The Balaban J connectivity index is 1.76. The molecule has 0 bridgehead atoms. The molecule has 0 aliphatic carbocycles. The van der Waals surface area contributed by atoms with Crippen molar-refractivity contribution in [3.05, 3.63) is 88.2 Å². The smallest absolute Gasteiger partial charge is 0.260 e. The molecule has 2 heterocycles. The largest absolute Gasteiger partial charge is 0.279 e. The maximum Gasteiger partial charge on any atom is 0.260 e. The third kappa shape index (κ3) is 3.91. The van der Waals surface area contributed by atoms with Gasteiger partial charge in [-0.05, 0) is 60.5 Å². The molecular formula is C21H16BrN3OS. The zero-order valence-corrected chi connectivity index (χ0v) is 17.0. The van der Waals surface area contributed by atoms with Crippen LogP contribution in [0.1, 0.15) is 21.5 Å². The second-order valence-corrected chi connectivity index (χ2v) is 8.15. The van der Waals surface area contributed by atoms with Crippen LogP contribution < -0.4 is 4.90 Å². The number of nitrogens with zero attached hydrogens (tertiary/aromatic N) is 3. The molecule has 0 saturated carbocycles. The van der Waals surface area contributed by atoms with Gasteiger partial charge in [-0.2, -0.15) is 0 Å². The van der Waals surface area contributed by atoms with Crippen LogP contribution in [-0.4, -0.2) is 15.9 Å². The van der Waals surface area contributed by atoms with Crippen molar-refractivity contribution < 1.29 is 4.79 Å². The Morgan fingerprint density at radius 2 is 1.96 bits per heavy atom. The van der Waals surface area contributed by atoms with Gasteiger partial charge in [0, 0.05) is 22.4 Å². The maximum atomic E-state index is 13.3. The Labute approximate surface area is 169 Å². The van der Waals surface area contributed by atoms with E-state index in [1.54, 1.807) is 17.3 Å². The van der Waals surface area contributed by atoms with Crippen molar-refractivity contribution in [2.45, 2.75) is 13.5 Å². The predicted molar refractivity (Wildman–Crippen MR) is 113 cm³/mol. The number of pyridine rings is 1. The molecule has 134 valence electrons. The lowest BCUT2D eigenvalue weighted by molar-refractivity contribution is 0.0985. The van der Waals surface area contributed by atoms with E-state index in [1.807, 2.05) is 48.5 Å². The normalized spacial score (nSPS) is 10.9. The number of aromatic nitrogens is 2. The van der Waals surface area contributed by atoms with E-state index >= 15 is 0 Å². The van der Waals surface area contributed by atoms with Gasteiger partial charge in [-0.3, -0.25) is 14.7 Å². The lowest BCUT2D eigenvalue weighted by atomic mass is 10.2. The van der Waals surface area contributed by atoms with Crippen molar-refractivity contribution in [1.82, 2.24) is 9.97 Å². The van der Waals surface area contributed by atoms with Gasteiger partial charge in [-0.1, -0.05) is 39.4 Å². The molecule has 2 aromatic heterocycles. The first kappa shape index (κ1) is 17.8. The van der Waals surface area contributed by atoms with Gasteiger partial charge in [-0.25, -0.2) is 4.98 Å². The number of hydrogen-bond donors (Lipinski definition) is 0. The van der Waals surface area contributed by atoms with Crippen LogP contribution in [0.25, 0.3) is 10.2 Å². The van der Waals surface area contributed by atoms with E-state index < -0.39 is 0 Å². The zero-order valence-electron chi connectivity index (χ0n) is 14.6. The monoisotopic (exact) mass is 437 g/mol. The van der Waals surface area contributed by atoms with Crippen molar-refractivity contribution >= 4 is 48.5 Å². The van der Waals surface area contributed by atoms with Crippen LogP contribution in [0.2, 0.25) is 0 Å². The van der Waals surface area contributed by atoms with Crippen molar-refractivity contribution in [1.29, 1.82) is 0 Å². The van der Waals surface area contributed by atoms with Crippen LogP contribution in [0.5, 0.6) is 0 Å². The summed E-state index contributed by atoms with van der Waals surface area (Å²) in [6.07, 6.45) is 3.50. The fraction of sp³-hybridized carbons (Fsp3) is 0.0952. The van der Waals surface area contributed by atoms with E-state index in [0.29, 0.717) is 17.2 Å². The predicted octanol–water partition coefficient (Wildman–Crippen LogP) is 5.61. The Morgan fingerprint density at radius 3 is 2.70 bits per heavy atom. The number of fused-ring (bicyclic) bond motifs is 1. The molecule has 0 radical (unpaired) electrons. The highest BCUT2D eigenvalue weighted by Gasteiger charge is 2.22. The summed E-state index contributed by atoms with van der Waals surface area (Å²) in [4.78, 5) is 23.9. The first-order chi connectivity index (χ1) is 13.1. The standard InChI is InChI=1S/C21H16BrN3OS/c1-14-4-9-18-19(11-14)27-21(24-18)25(13-15-3-2-10-23-12-15)20(26)16-5-7-17(22)8-6-16/h2-12H,13H2,1H3. The Morgan fingerprint density at radius 1 is 1.15 bits per heavy atom. The molecule has 0 fully saturated rings. The molecule has 0 saturated heterocycles. The highest BCUT2D eigenvalue weighted by atomic mass is 79.9. The second kappa shape index (κ2) is 7.58. The van der Waals surface area contributed by atoms with Gasteiger partial charge >= 0.3 is 0 Å². The SMILES string of the molecule is Cc1ccc2nc(N(Cc3cccnc3)C(=O)c3ccc(Br)cc3)sc2c1. The Hall–Kier alpha value is -2.57. The number of halogens is 1. The molecule has 0 atom stereocenters. The van der Waals surface area contributed by atoms with E-state index in [-0.39, 0.29) is 5.91 Å². The number of carbonyl (C=O) groups excluding carboxylic acids is 1. The molecule has 1 amide bonds. The van der Waals surface area contributed by atoms with Crippen LogP contribution in [0, 0.1) is 6.92 Å². The van der Waals surface area contributed by atoms with Crippen molar-refractivity contribution in [3.63, 3.8) is 0 Å². The van der Waals surface area contributed by atoms with Crippen LogP contribution >= 0.6 is 27.3 Å². The van der Waals surface area contributed by atoms with E-state index in [1.165, 1.54) is 16.9 Å². The van der Waals surface area contributed by atoms with Crippen LogP contribution in [0.4, 0.5) is 5.13 Å². The molecule has 0 aliphatic heterocycles. The summed E-state index contributed by atoms with van der Waals surface area (Å²) in [5.74, 6) is -0.0814. The summed E-state index contributed by atoms with van der Waals surface area (Å²) in [6, 6.07) is 17.4. The van der Waals surface area contributed by atoms with Gasteiger partial charge < -0.3 is 0 Å². The summed E-state index contributed by atoms with van der Waals surface area (Å²) in [7, 11) is 0. The van der Waals surface area contributed by atoms with E-state index in [9.17, 15) is 4.79 Å². The van der Waals surface area contributed by atoms with Gasteiger partial charge in [0.1, 0.15) is 0 Å². The van der Waals surface area contributed by atoms with Gasteiger partial charge in [0.25, 0.3) is 5.91 Å². The summed E-state index contributed by atoms with van der Waals surface area (Å²) in [6.45, 7) is 2.47. The number of carbonyl (C=O) groups is 1. The van der Waals surface area contributed by atoms with Crippen molar-refractivity contribution in [2.75, 3.05) is 4.90 Å². The Kier molecular flexibility index (Phi) is 5.01. The lowest BCUT2D eigenvalue weighted by Crippen LogP contribution is -2.30. The fourth-order valence-corrected chi connectivity index (χ4v) is 4.11. The molecule has 6 heteroatoms. The fourth-order valence-electron chi connectivity index (χ4n) is 2.78. The molecule has 4 aromatic rings. The number of benzene rings is 2. The molecular weight excluding hydrogens is 422 g/mol. The van der Waals surface area contributed by atoms with Crippen LogP contribution in [0.15, 0.2) is 71.5 Å². The average Bonchev–Trinajstić information content (AvgIpc) is 3.10. The summed E-state index contributed by atoms with van der Waals surface area (Å²) in [5.41, 5.74) is 3.66. The van der Waals surface area contributed by atoms with E-state index in [4.69, 9.17) is 4.98 Å². The number of thiazole rings is 1. The third-order valence-corrected chi connectivity index (χ3v) is 5.73. The van der Waals surface area contributed by atoms with Gasteiger partial charge in [-0.15, -0.1) is 0 Å². The highest BCUT2D eigenvalue weighted by molar-refractivity contribution is 9.10. The van der Waals surface area contributed by atoms with Crippen LogP contribution in [-0.2, 0) is 6.54 Å². The molecule has 4 rings (SSSR count). The topological polar surface area (TPSA) is 46.1 Å². The second-order valence-electron chi connectivity index (χ2n) is 6.23. The van der Waals surface area contributed by atoms with Gasteiger partial charge in [0.15, 0.2) is 5.13 Å². The number of aryl methyl sites for hydroxylation is 1. The molecule has 0 aliphatic rings. The van der Waals surface area contributed by atoms with E-state index in [0.717, 1.165) is 20.3 Å². The molecule has 0 spiro atoms. The minimum absolute atomic E-state index is 0.0814. The van der Waals surface area contributed by atoms with Gasteiger partial charge in [0.05, 0.1) is 16.8 Å². The minimum atomic E-state index is -0.0814. The molecule has 0 N–H and O–H groups in total. The summed E-state index contributed by atoms with van der Waals surface area (Å²) in [5, 5.41) is 0.687. The summed E-state index contributed by atoms with van der Waals surface area (Å²) < 4.78 is 2.01.